The molecule has 0 aromatic carbocycles. The van der Waals surface area contributed by atoms with Crippen LogP contribution in [0.4, 0.5) is 11.8 Å². The summed E-state index contributed by atoms with van der Waals surface area (Å²) in [4.78, 5) is 19.2. The van der Waals surface area contributed by atoms with Gasteiger partial charge in [0, 0.05) is 19.7 Å². The van der Waals surface area contributed by atoms with E-state index in [0.717, 1.165) is 13.0 Å². The van der Waals surface area contributed by atoms with E-state index < -0.39 is 0 Å². The van der Waals surface area contributed by atoms with Gasteiger partial charge in [-0.25, -0.2) is 4.98 Å². The molecule has 4 N–H and O–H groups in total. The van der Waals surface area contributed by atoms with E-state index in [1.807, 2.05) is 0 Å². The molecule has 0 radical (unpaired) electrons. The number of carbonyl (C=O) groups is 1. The van der Waals surface area contributed by atoms with Crippen LogP contribution in [-0.4, -0.2) is 35.2 Å². The first-order chi connectivity index (χ1) is 8.15. The van der Waals surface area contributed by atoms with Gasteiger partial charge < -0.3 is 16.4 Å². The summed E-state index contributed by atoms with van der Waals surface area (Å²) in [6, 6.07) is 1.79. The molecule has 1 amide bonds. The Morgan fingerprint density at radius 1 is 1.53 bits per heavy atom. The van der Waals surface area contributed by atoms with Crippen molar-refractivity contribution in [3.8, 4) is 0 Å². The molecule has 94 valence electrons. The van der Waals surface area contributed by atoms with Gasteiger partial charge in [0.15, 0.2) is 0 Å². The van der Waals surface area contributed by atoms with Crippen molar-refractivity contribution in [2.45, 2.75) is 18.4 Å². The summed E-state index contributed by atoms with van der Waals surface area (Å²) in [6.45, 7) is 2.90. The first kappa shape index (κ1) is 13.6. The molecule has 0 fully saturated rings. The predicted molar refractivity (Wildman–Crippen MR) is 70.0 cm³/mol. The second-order valence-corrected chi connectivity index (χ2v) is 4.33. The minimum Gasteiger partial charge on any atom is -0.370 e. The monoisotopic (exact) mass is 255 g/mol. The quantitative estimate of drug-likeness (QED) is 0.512. The van der Waals surface area contributed by atoms with Crippen molar-refractivity contribution in [1.82, 2.24) is 15.3 Å². The lowest BCUT2D eigenvalue weighted by atomic mass is 10.4. The molecular formula is C10H17N5OS. The SMILES string of the molecule is CCCNc1cc(SCC(=O)NC)nc(N)n1. The van der Waals surface area contributed by atoms with Gasteiger partial charge in [-0.3, -0.25) is 4.79 Å². The zero-order valence-electron chi connectivity index (χ0n) is 9.99. The van der Waals surface area contributed by atoms with Crippen LogP contribution >= 0.6 is 11.8 Å². The van der Waals surface area contributed by atoms with E-state index in [1.54, 1.807) is 13.1 Å². The van der Waals surface area contributed by atoms with Crippen molar-refractivity contribution in [2.24, 2.45) is 0 Å². The van der Waals surface area contributed by atoms with Crippen LogP contribution < -0.4 is 16.4 Å². The molecule has 1 aromatic heterocycles. The van der Waals surface area contributed by atoms with Gasteiger partial charge >= 0.3 is 0 Å². The number of nitrogens with zero attached hydrogens (tertiary/aromatic N) is 2. The van der Waals surface area contributed by atoms with E-state index in [1.165, 1.54) is 11.8 Å². The Kier molecular flexibility index (Phi) is 5.55. The van der Waals surface area contributed by atoms with E-state index in [0.29, 0.717) is 16.6 Å². The number of amides is 1. The maximum Gasteiger partial charge on any atom is 0.230 e. The third kappa shape index (κ3) is 4.90. The van der Waals surface area contributed by atoms with Gasteiger partial charge in [0.1, 0.15) is 10.8 Å². The van der Waals surface area contributed by atoms with Crippen LogP contribution in [0.1, 0.15) is 13.3 Å². The van der Waals surface area contributed by atoms with E-state index in [4.69, 9.17) is 5.73 Å². The molecule has 0 aliphatic rings. The number of aromatic nitrogens is 2. The Balaban J connectivity index is 2.65. The number of nitrogens with two attached hydrogens (primary N) is 1. The van der Waals surface area contributed by atoms with Crippen LogP contribution in [-0.2, 0) is 4.79 Å². The maximum absolute atomic E-state index is 11.1. The Labute approximate surface area is 105 Å². The molecule has 17 heavy (non-hydrogen) atoms. The fraction of sp³-hybridized carbons (Fsp3) is 0.500. The van der Waals surface area contributed by atoms with Crippen molar-refractivity contribution in [3.63, 3.8) is 0 Å². The number of hydrogen-bond acceptors (Lipinski definition) is 6. The van der Waals surface area contributed by atoms with Gasteiger partial charge in [0.05, 0.1) is 5.75 Å². The van der Waals surface area contributed by atoms with Gasteiger partial charge in [-0.1, -0.05) is 18.7 Å². The van der Waals surface area contributed by atoms with Gasteiger partial charge in [-0.2, -0.15) is 4.98 Å². The number of nitrogen functional groups attached to an aromatic ring is 1. The van der Waals surface area contributed by atoms with Crippen LogP contribution in [0.3, 0.4) is 0 Å². The topological polar surface area (TPSA) is 92.9 Å². The van der Waals surface area contributed by atoms with E-state index in [-0.39, 0.29) is 11.9 Å². The van der Waals surface area contributed by atoms with Crippen molar-refractivity contribution in [3.05, 3.63) is 6.07 Å². The van der Waals surface area contributed by atoms with Gasteiger partial charge in [-0.05, 0) is 6.42 Å². The fourth-order valence-corrected chi connectivity index (χ4v) is 1.85. The number of carbonyl (C=O) groups excluding carboxylic acids is 1. The van der Waals surface area contributed by atoms with E-state index >= 15 is 0 Å². The Hall–Kier alpha value is -1.50. The van der Waals surface area contributed by atoms with Crippen LogP contribution in [0.15, 0.2) is 11.1 Å². The van der Waals surface area contributed by atoms with Crippen LogP contribution in [0.2, 0.25) is 0 Å². The van der Waals surface area contributed by atoms with Gasteiger partial charge in [0.25, 0.3) is 0 Å². The standard InChI is InChI=1S/C10H17N5OS/c1-3-4-13-7-5-9(15-10(11)14-7)17-6-8(16)12-2/h5H,3-4,6H2,1-2H3,(H,12,16)(H3,11,13,14,15). The second kappa shape index (κ2) is 6.95. The zero-order chi connectivity index (χ0) is 12.7. The van der Waals surface area contributed by atoms with E-state index in [2.05, 4.69) is 27.5 Å². The molecule has 0 unspecified atom stereocenters. The first-order valence-corrected chi connectivity index (χ1v) is 6.36. The zero-order valence-corrected chi connectivity index (χ0v) is 10.8. The average molecular weight is 255 g/mol. The molecule has 0 aliphatic carbocycles. The summed E-state index contributed by atoms with van der Waals surface area (Å²) < 4.78 is 0. The molecule has 1 heterocycles. The third-order valence-electron chi connectivity index (χ3n) is 1.91. The third-order valence-corrected chi connectivity index (χ3v) is 2.82. The summed E-state index contributed by atoms with van der Waals surface area (Å²) in [5.41, 5.74) is 5.59. The molecule has 0 bridgehead atoms. The lowest BCUT2D eigenvalue weighted by molar-refractivity contribution is -0.118. The summed E-state index contributed by atoms with van der Waals surface area (Å²) in [7, 11) is 1.60. The van der Waals surface area contributed by atoms with Crippen LogP contribution in [0.25, 0.3) is 0 Å². The highest BCUT2D eigenvalue weighted by atomic mass is 32.2. The Bertz CT molecular complexity index is 385. The summed E-state index contributed by atoms with van der Waals surface area (Å²) in [6.07, 6.45) is 1.00. The fourth-order valence-electron chi connectivity index (χ4n) is 1.07. The summed E-state index contributed by atoms with van der Waals surface area (Å²) in [5.74, 6) is 1.18. The smallest absolute Gasteiger partial charge is 0.230 e. The highest BCUT2D eigenvalue weighted by Crippen LogP contribution is 2.19. The Morgan fingerprint density at radius 2 is 2.29 bits per heavy atom. The summed E-state index contributed by atoms with van der Waals surface area (Å²) in [5, 5.41) is 6.38. The molecule has 0 atom stereocenters. The lowest BCUT2D eigenvalue weighted by Crippen LogP contribution is -2.19. The maximum atomic E-state index is 11.1. The number of anilines is 2. The average Bonchev–Trinajstić information content (AvgIpc) is 2.32. The number of rotatable bonds is 6. The predicted octanol–water partition coefficient (Wildman–Crippen LogP) is 0.719. The van der Waals surface area contributed by atoms with Gasteiger partial charge in [-0.15, -0.1) is 0 Å². The first-order valence-electron chi connectivity index (χ1n) is 5.37. The van der Waals surface area contributed by atoms with Crippen molar-refractivity contribution < 1.29 is 4.79 Å². The van der Waals surface area contributed by atoms with E-state index in [9.17, 15) is 4.79 Å². The molecule has 0 spiro atoms. The Morgan fingerprint density at radius 3 is 2.94 bits per heavy atom. The van der Waals surface area contributed by atoms with Crippen LogP contribution in [0.5, 0.6) is 0 Å². The van der Waals surface area contributed by atoms with Crippen molar-refractivity contribution in [2.75, 3.05) is 30.4 Å². The molecule has 0 saturated heterocycles. The molecule has 1 rings (SSSR count). The molecule has 0 aliphatic heterocycles. The van der Waals surface area contributed by atoms with Crippen molar-refractivity contribution >= 4 is 29.4 Å². The van der Waals surface area contributed by atoms with Crippen molar-refractivity contribution in [1.29, 1.82) is 0 Å². The molecule has 6 nitrogen and oxygen atoms in total. The molecule has 7 heteroatoms. The highest BCUT2D eigenvalue weighted by Gasteiger charge is 2.05. The second-order valence-electron chi connectivity index (χ2n) is 3.34. The van der Waals surface area contributed by atoms with Gasteiger partial charge in [0.2, 0.25) is 11.9 Å². The molecule has 1 aromatic rings. The molecule has 0 saturated carbocycles. The number of thioether (sulfide) groups is 1. The minimum atomic E-state index is -0.0461. The normalized spacial score (nSPS) is 10.0. The lowest BCUT2D eigenvalue weighted by Gasteiger charge is -2.06. The summed E-state index contributed by atoms with van der Waals surface area (Å²) >= 11 is 1.33. The largest absolute Gasteiger partial charge is 0.370 e. The number of hydrogen-bond donors (Lipinski definition) is 3. The highest BCUT2D eigenvalue weighted by molar-refractivity contribution is 7.99. The molecular weight excluding hydrogens is 238 g/mol. The van der Waals surface area contributed by atoms with Crippen LogP contribution in [0, 0.1) is 0 Å². The minimum absolute atomic E-state index is 0.0461. The number of nitrogens with one attached hydrogen (secondary N) is 2.